The maximum Gasteiger partial charge on any atom is 0.168 e. The van der Waals surface area contributed by atoms with Crippen LogP contribution in [0, 0.1) is 12.7 Å². The van der Waals surface area contributed by atoms with Crippen LogP contribution in [-0.2, 0) is 6.42 Å². The average Bonchev–Trinajstić information content (AvgIpc) is 2.31. The van der Waals surface area contributed by atoms with Gasteiger partial charge in [-0.25, -0.2) is 14.4 Å². The number of hydrogen-bond acceptors (Lipinski definition) is 3. The third-order valence-electron chi connectivity index (χ3n) is 2.35. The maximum absolute atomic E-state index is 13.4. The van der Waals surface area contributed by atoms with Gasteiger partial charge in [0.2, 0.25) is 0 Å². The molecule has 0 saturated heterocycles. The van der Waals surface area contributed by atoms with Gasteiger partial charge >= 0.3 is 0 Å². The molecule has 0 atom stereocenters. The molecule has 0 bridgehead atoms. The lowest BCUT2D eigenvalue weighted by Crippen LogP contribution is -2.03. The number of carbonyl (C=O) groups is 1. The van der Waals surface area contributed by atoms with E-state index >= 15 is 0 Å². The molecule has 0 unspecified atom stereocenters. The summed E-state index contributed by atoms with van der Waals surface area (Å²) in [6.07, 6.45) is 0.953. The van der Waals surface area contributed by atoms with Crippen LogP contribution in [0.25, 0.3) is 0 Å². The highest BCUT2D eigenvalue weighted by Gasteiger charge is 2.06. The molecule has 0 aliphatic heterocycles. The molecule has 0 radical (unpaired) electrons. The minimum atomic E-state index is -0.287. The van der Waals surface area contributed by atoms with Crippen LogP contribution in [0.5, 0.6) is 0 Å². The van der Waals surface area contributed by atoms with Gasteiger partial charge in [-0.3, -0.25) is 4.79 Å². The van der Waals surface area contributed by atoms with Gasteiger partial charge in [0.15, 0.2) is 6.29 Å². The zero-order valence-corrected chi connectivity index (χ0v) is 9.35. The van der Waals surface area contributed by atoms with Gasteiger partial charge in [0.1, 0.15) is 17.3 Å². The Balaban J connectivity index is 2.33. The van der Waals surface area contributed by atoms with Crippen molar-refractivity contribution >= 4 is 6.29 Å². The standard InChI is InChI=1S/C13H11FN2O/c1-9-6-11(8-17)16-13(15-9)7-10-4-2-3-5-12(10)14/h2-6,8H,7H2,1H3. The van der Waals surface area contributed by atoms with Crippen molar-refractivity contribution in [2.45, 2.75) is 13.3 Å². The summed E-state index contributed by atoms with van der Waals surface area (Å²) in [5.74, 6) is 0.169. The number of benzene rings is 1. The summed E-state index contributed by atoms with van der Waals surface area (Å²) in [6, 6.07) is 8.06. The lowest BCUT2D eigenvalue weighted by atomic mass is 10.1. The van der Waals surface area contributed by atoms with Crippen LogP contribution >= 0.6 is 0 Å². The molecule has 4 heteroatoms. The van der Waals surface area contributed by atoms with E-state index in [0.717, 1.165) is 0 Å². The normalized spacial score (nSPS) is 10.2. The van der Waals surface area contributed by atoms with E-state index in [2.05, 4.69) is 9.97 Å². The summed E-state index contributed by atoms with van der Waals surface area (Å²) in [5.41, 5.74) is 1.55. The number of halogens is 1. The first kappa shape index (κ1) is 11.4. The number of hydrogen-bond donors (Lipinski definition) is 0. The van der Waals surface area contributed by atoms with Gasteiger partial charge in [-0.05, 0) is 24.6 Å². The van der Waals surface area contributed by atoms with Crippen LogP contribution in [0.3, 0.4) is 0 Å². The third-order valence-corrected chi connectivity index (χ3v) is 2.35. The van der Waals surface area contributed by atoms with Crippen molar-refractivity contribution in [3.8, 4) is 0 Å². The van der Waals surface area contributed by atoms with E-state index in [1.165, 1.54) is 6.07 Å². The molecular weight excluding hydrogens is 219 g/mol. The van der Waals surface area contributed by atoms with Gasteiger partial charge < -0.3 is 0 Å². The number of carbonyl (C=O) groups excluding carboxylic acids is 1. The van der Waals surface area contributed by atoms with Crippen molar-refractivity contribution in [3.05, 3.63) is 58.9 Å². The Kier molecular flexibility index (Phi) is 3.23. The Morgan fingerprint density at radius 3 is 2.76 bits per heavy atom. The molecule has 0 spiro atoms. The fourth-order valence-corrected chi connectivity index (χ4v) is 1.61. The highest BCUT2D eigenvalue weighted by atomic mass is 19.1. The Hall–Kier alpha value is -2.10. The Bertz CT molecular complexity index is 555. The number of aldehydes is 1. The maximum atomic E-state index is 13.4. The van der Waals surface area contributed by atoms with Gasteiger partial charge in [0.05, 0.1) is 0 Å². The second kappa shape index (κ2) is 4.82. The van der Waals surface area contributed by atoms with Crippen LogP contribution in [-0.4, -0.2) is 16.3 Å². The van der Waals surface area contributed by atoms with Crippen molar-refractivity contribution in [1.29, 1.82) is 0 Å². The third kappa shape index (κ3) is 2.72. The fourth-order valence-electron chi connectivity index (χ4n) is 1.61. The molecule has 86 valence electrons. The molecule has 1 aromatic heterocycles. The van der Waals surface area contributed by atoms with Crippen LogP contribution in [0.1, 0.15) is 27.6 Å². The predicted octanol–water partition coefficient (Wildman–Crippen LogP) is 2.33. The summed E-state index contributed by atoms with van der Waals surface area (Å²) in [4.78, 5) is 18.9. The Morgan fingerprint density at radius 1 is 1.29 bits per heavy atom. The molecule has 0 aliphatic rings. The lowest BCUT2D eigenvalue weighted by Gasteiger charge is -2.03. The summed E-state index contributed by atoms with van der Waals surface area (Å²) in [6.45, 7) is 1.78. The molecule has 0 fully saturated rings. The summed E-state index contributed by atoms with van der Waals surface area (Å²) in [5, 5.41) is 0. The van der Waals surface area contributed by atoms with Crippen molar-refractivity contribution in [2.75, 3.05) is 0 Å². The van der Waals surface area contributed by atoms with Crippen molar-refractivity contribution in [2.24, 2.45) is 0 Å². The van der Waals surface area contributed by atoms with Gasteiger partial charge in [-0.15, -0.1) is 0 Å². The molecule has 1 heterocycles. The molecule has 2 aromatic rings. The zero-order chi connectivity index (χ0) is 12.3. The predicted molar refractivity (Wildman–Crippen MR) is 61.4 cm³/mol. The van der Waals surface area contributed by atoms with E-state index in [4.69, 9.17) is 0 Å². The quantitative estimate of drug-likeness (QED) is 0.760. The topological polar surface area (TPSA) is 42.9 Å². The van der Waals surface area contributed by atoms with Crippen LogP contribution in [0.2, 0.25) is 0 Å². The molecule has 0 saturated carbocycles. The summed E-state index contributed by atoms with van der Waals surface area (Å²) < 4.78 is 13.4. The monoisotopic (exact) mass is 230 g/mol. The molecule has 0 N–H and O–H groups in total. The minimum Gasteiger partial charge on any atom is -0.296 e. The van der Waals surface area contributed by atoms with E-state index in [-0.39, 0.29) is 12.2 Å². The molecule has 3 nitrogen and oxygen atoms in total. The SMILES string of the molecule is Cc1cc(C=O)nc(Cc2ccccc2F)n1. The van der Waals surface area contributed by atoms with Gasteiger partial charge in [0.25, 0.3) is 0 Å². The first-order chi connectivity index (χ1) is 8.19. The Labute approximate surface area is 98.3 Å². The number of nitrogens with zero attached hydrogens (tertiary/aromatic N) is 2. The Morgan fingerprint density at radius 2 is 2.06 bits per heavy atom. The number of aryl methyl sites for hydroxylation is 1. The van der Waals surface area contributed by atoms with Gasteiger partial charge in [-0.1, -0.05) is 18.2 Å². The highest BCUT2D eigenvalue weighted by molar-refractivity contribution is 5.71. The zero-order valence-electron chi connectivity index (χ0n) is 9.35. The van der Waals surface area contributed by atoms with E-state index in [9.17, 15) is 9.18 Å². The minimum absolute atomic E-state index is 0.287. The summed E-state index contributed by atoms with van der Waals surface area (Å²) >= 11 is 0. The van der Waals surface area contributed by atoms with Gasteiger partial charge in [0, 0.05) is 12.1 Å². The smallest absolute Gasteiger partial charge is 0.168 e. The second-order valence-corrected chi connectivity index (χ2v) is 3.74. The van der Waals surface area contributed by atoms with E-state index < -0.39 is 0 Å². The van der Waals surface area contributed by atoms with Crippen molar-refractivity contribution in [3.63, 3.8) is 0 Å². The van der Waals surface area contributed by atoms with E-state index in [1.54, 1.807) is 31.2 Å². The lowest BCUT2D eigenvalue weighted by molar-refractivity contribution is 0.111. The molecule has 2 rings (SSSR count). The molecular formula is C13H11FN2O. The van der Waals surface area contributed by atoms with E-state index in [0.29, 0.717) is 29.1 Å². The molecule has 0 aliphatic carbocycles. The molecule has 1 aromatic carbocycles. The van der Waals surface area contributed by atoms with E-state index in [1.807, 2.05) is 0 Å². The van der Waals surface area contributed by atoms with Crippen molar-refractivity contribution in [1.82, 2.24) is 9.97 Å². The summed E-state index contributed by atoms with van der Waals surface area (Å²) in [7, 11) is 0. The van der Waals surface area contributed by atoms with Crippen LogP contribution in [0.15, 0.2) is 30.3 Å². The largest absolute Gasteiger partial charge is 0.296 e. The first-order valence-electron chi connectivity index (χ1n) is 5.22. The number of rotatable bonds is 3. The highest BCUT2D eigenvalue weighted by Crippen LogP contribution is 2.11. The molecule has 0 amide bonds. The van der Waals surface area contributed by atoms with Gasteiger partial charge in [-0.2, -0.15) is 0 Å². The fraction of sp³-hybridized carbons (Fsp3) is 0.154. The average molecular weight is 230 g/mol. The van der Waals surface area contributed by atoms with Crippen molar-refractivity contribution < 1.29 is 9.18 Å². The molecule has 17 heavy (non-hydrogen) atoms. The second-order valence-electron chi connectivity index (χ2n) is 3.74. The van der Waals surface area contributed by atoms with Crippen LogP contribution in [0.4, 0.5) is 4.39 Å². The van der Waals surface area contributed by atoms with Crippen LogP contribution < -0.4 is 0 Å². The first-order valence-corrected chi connectivity index (χ1v) is 5.22. The number of aromatic nitrogens is 2.